The zero-order valence-electron chi connectivity index (χ0n) is 14.4. The lowest BCUT2D eigenvalue weighted by Crippen LogP contribution is -2.40. The van der Waals surface area contributed by atoms with Gasteiger partial charge in [-0.3, -0.25) is 4.79 Å². The molecular formula is C20H21N3O3. The van der Waals surface area contributed by atoms with Gasteiger partial charge in [-0.15, -0.1) is 0 Å². The topological polar surface area (TPSA) is 67.1 Å². The number of aromatic nitrogens is 2. The van der Waals surface area contributed by atoms with E-state index < -0.39 is 0 Å². The van der Waals surface area contributed by atoms with Gasteiger partial charge in [-0.2, -0.15) is 0 Å². The van der Waals surface area contributed by atoms with Crippen LogP contribution in [0.25, 0.3) is 5.65 Å². The van der Waals surface area contributed by atoms with E-state index in [1.807, 2.05) is 47.1 Å². The molecule has 0 radical (unpaired) electrons. The van der Waals surface area contributed by atoms with Crippen molar-refractivity contribution in [1.82, 2.24) is 14.3 Å². The van der Waals surface area contributed by atoms with Crippen molar-refractivity contribution in [2.45, 2.75) is 25.6 Å². The van der Waals surface area contributed by atoms with Gasteiger partial charge in [-0.1, -0.05) is 12.1 Å². The van der Waals surface area contributed by atoms with E-state index in [0.29, 0.717) is 43.9 Å². The Labute approximate surface area is 151 Å². The molecule has 4 rings (SSSR count). The van der Waals surface area contributed by atoms with Gasteiger partial charge >= 0.3 is 0 Å². The largest absolute Gasteiger partial charge is 0.487 e. The zero-order chi connectivity index (χ0) is 17.9. The van der Waals surface area contributed by atoms with Crippen molar-refractivity contribution in [2.75, 3.05) is 13.1 Å². The average Bonchev–Trinajstić information content (AvgIpc) is 3.10. The second-order valence-corrected chi connectivity index (χ2v) is 6.54. The van der Waals surface area contributed by atoms with Gasteiger partial charge in [0.1, 0.15) is 18.0 Å². The number of hydrogen-bond donors (Lipinski definition) is 1. The van der Waals surface area contributed by atoms with Crippen LogP contribution >= 0.6 is 0 Å². The maximum absolute atomic E-state index is 12.6. The number of hydrogen-bond acceptors (Lipinski definition) is 4. The summed E-state index contributed by atoms with van der Waals surface area (Å²) in [5.74, 6) is 0.625. The Morgan fingerprint density at radius 2 is 2.04 bits per heavy atom. The highest BCUT2D eigenvalue weighted by atomic mass is 16.5. The minimum atomic E-state index is -0.292. The van der Waals surface area contributed by atoms with Crippen molar-refractivity contribution < 1.29 is 14.6 Å². The number of nitrogens with zero attached hydrogens (tertiary/aromatic N) is 3. The number of likely N-dealkylation sites (tertiary alicyclic amines) is 1. The van der Waals surface area contributed by atoms with Crippen molar-refractivity contribution >= 4 is 11.6 Å². The Morgan fingerprint density at radius 1 is 1.19 bits per heavy atom. The molecule has 3 aromatic rings. The van der Waals surface area contributed by atoms with Crippen LogP contribution in [0.3, 0.4) is 0 Å². The predicted molar refractivity (Wildman–Crippen MR) is 97.1 cm³/mol. The quantitative estimate of drug-likeness (QED) is 0.784. The molecule has 3 heterocycles. The van der Waals surface area contributed by atoms with E-state index in [0.717, 1.165) is 11.3 Å². The number of aliphatic hydroxyl groups is 1. The number of fused-ring (bicyclic) bond motifs is 1. The monoisotopic (exact) mass is 351 g/mol. The summed E-state index contributed by atoms with van der Waals surface area (Å²) in [6, 6.07) is 13.1. The third kappa shape index (κ3) is 3.55. The van der Waals surface area contributed by atoms with Crippen LogP contribution in [-0.2, 0) is 6.61 Å². The molecule has 0 bridgehead atoms. The molecule has 6 heteroatoms. The summed E-state index contributed by atoms with van der Waals surface area (Å²) >= 11 is 0. The Bertz CT molecular complexity index is 880. The molecule has 1 saturated heterocycles. The van der Waals surface area contributed by atoms with Crippen LogP contribution in [0.1, 0.15) is 28.9 Å². The second-order valence-electron chi connectivity index (χ2n) is 6.54. The SMILES string of the molecule is O=C(c1cccc(OCc2cn3ccccc3n2)c1)N1CCC(O)CC1. The maximum Gasteiger partial charge on any atom is 0.253 e. The highest BCUT2D eigenvalue weighted by Crippen LogP contribution is 2.19. The molecule has 6 nitrogen and oxygen atoms in total. The first-order valence-corrected chi connectivity index (χ1v) is 8.82. The van der Waals surface area contributed by atoms with Crippen LogP contribution in [0.2, 0.25) is 0 Å². The van der Waals surface area contributed by atoms with E-state index in [4.69, 9.17) is 4.74 Å². The summed E-state index contributed by atoms with van der Waals surface area (Å²) in [4.78, 5) is 18.9. The van der Waals surface area contributed by atoms with Crippen LogP contribution in [0, 0.1) is 0 Å². The molecule has 26 heavy (non-hydrogen) atoms. The first-order chi connectivity index (χ1) is 12.7. The van der Waals surface area contributed by atoms with Gasteiger partial charge in [0, 0.05) is 31.0 Å². The van der Waals surface area contributed by atoms with E-state index in [1.165, 1.54) is 0 Å². The van der Waals surface area contributed by atoms with Gasteiger partial charge in [0.25, 0.3) is 5.91 Å². The van der Waals surface area contributed by atoms with Crippen molar-refractivity contribution in [2.24, 2.45) is 0 Å². The molecule has 0 saturated carbocycles. The number of ether oxygens (including phenoxy) is 1. The number of benzene rings is 1. The number of rotatable bonds is 4. The van der Waals surface area contributed by atoms with Gasteiger partial charge < -0.3 is 19.1 Å². The zero-order valence-corrected chi connectivity index (χ0v) is 14.4. The van der Waals surface area contributed by atoms with E-state index in [2.05, 4.69) is 4.98 Å². The summed E-state index contributed by atoms with van der Waals surface area (Å²) < 4.78 is 7.78. The van der Waals surface area contributed by atoms with Gasteiger partial charge in [0.15, 0.2) is 0 Å². The van der Waals surface area contributed by atoms with Crippen molar-refractivity contribution in [3.8, 4) is 5.75 Å². The Kier molecular flexibility index (Phi) is 4.58. The number of carbonyl (C=O) groups is 1. The Balaban J connectivity index is 1.43. The Morgan fingerprint density at radius 3 is 2.85 bits per heavy atom. The minimum Gasteiger partial charge on any atom is -0.487 e. The number of pyridine rings is 1. The van der Waals surface area contributed by atoms with Crippen molar-refractivity contribution in [3.63, 3.8) is 0 Å². The molecule has 1 fully saturated rings. The highest BCUT2D eigenvalue weighted by molar-refractivity contribution is 5.94. The third-order valence-corrected chi connectivity index (χ3v) is 4.63. The van der Waals surface area contributed by atoms with Gasteiger partial charge in [0.2, 0.25) is 0 Å². The summed E-state index contributed by atoms with van der Waals surface area (Å²) in [6.07, 6.45) is 4.86. The molecule has 1 aliphatic rings. The number of amides is 1. The van der Waals surface area contributed by atoms with E-state index >= 15 is 0 Å². The first kappa shape index (κ1) is 16.6. The highest BCUT2D eigenvalue weighted by Gasteiger charge is 2.22. The first-order valence-electron chi connectivity index (χ1n) is 8.82. The van der Waals surface area contributed by atoms with Crippen LogP contribution in [0.5, 0.6) is 5.75 Å². The van der Waals surface area contributed by atoms with Crippen molar-refractivity contribution in [1.29, 1.82) is 0 Å². The lowest BCUT2D eigenvalue weighted by Gasteiger charge is -2.29. The lowest BCUT2D eigenvalue weighted by atomic mass is 10.1. The minimum absolute atomic E-state index is 0.0184. The summed E-state index contributed by atoms with van der Waals surface area (Å²) in [5, 5.41) is 9.59. The standard InChI is InChI=1S/C20H21N3O3/c24-17-7-10-22(11-8-17)20(25)15-4-3-5-18(12-15)26-14-16-13-23-9-2-1-6-19(23)21-16/h1-6,9,12-13,17,24H,7-8,10-11,14H2. The molecule has 0 aliphatic carbocycles. The summed E-state index contributed by atoms with van der Waals surface area (Å²) in [6.45, 7) is 1.52. The molecular weight excluding hydrogens is 330 g/mol. The van der Waals surface area contributed by atoms with Gasteiger partial charge in [-0.05, 0) is 43.2 Å². The third-order valence-electron chi connectivity index (χ3n) is 4.63. The molecule has 1 aliphatic heterocycles. The summed E-state index contributed by atoms with van der Waals surface area (Å²) in [5.41, 5.74) is 2.31. The summed E-state index contributed by atoms with van der Waals surface area (Å²) in [7, 11) is 0. The van der Waals surface area contributed by atoms with E-state index in [1.54, 1.807) is 17.0 Å². The number of imidazole rings is 1. The predicted octanol–water partition coefficient (Wildman–Crippen LogP) is 2.51. The number of piperidine rings is 1. The van der Waals surface area contributed by atoms with Crippen LogP contribution in [0.4, 0.5) is 0 Å². The van der Waals surface area contributed by atoms with Crippen LogP contribution in [0.15, 0.2) is 54.9 Å². The molecule has 2 aromatic heterocycles. The van der Waals surface area contributed by atoms with Crippen molar-refractivity contribution in [3.05, 3.63) is 66.1 Å². The number of carbonyl (C=O) groups excluding carboxylic acids is 1. The van der Waals surface area contributed by atoms with Crippen LogP contribution < -0.4 is 4.74 Å². The normalized spacial score (nSPS) is 15.3. The van der Waals surface area contributed by atoms with E-state index in [9.17, 15) is 9.90 Å². The molecule has 0 spiro atoms. The molecule has 1 amide bonds. The fraction of sp³-hybridized carbons (Fsp3) is 0.300. The molecule has 0 atom stereocenters. The smallest absolute Gasteiger partial charge is 0.253 e. The second kappa shape index (κ2) is 7.17. The van der Waals surface area contributed by atoms with Crippen LogP contribution in [-0.4, -0.2) is 44.5 Å². The van der Waals surface area contributed by atoms with Gasteiger partial charge in [-0.25, -0.2) is 4.98 Å². The average molecular weight is 351 g/mol. The fourth-order valence-corrected chi connectivity index (χ4v) is 3.18. The maximum atomic E-state index is 12.6. The Hall–Kier alpha value is -2.86. The lowest BCUT2D eigenvalue weighted by molar-refractivity contribution is 0.0546. The molecule has 134 valence electrons. The van der Waals surface area contributed by atoms with Gasteiger partial charge in [0.05, 0.1) is 11.8 Å². The van der Waals surface area contributed by atoms with E-state index in [-0.39, 0.29) is 12.0 Å². The number of aliphatic hydroxyl groups excluding tert-OH is 1. The fourth-order valence-electron chi connectivity index (χ4n) is 3.18. The molecule has 1 aromatic carbocycles. The molecule has 0 unspecified atom stereocenters. The molecule has 1 N–H and O–H groups in total.